The van der Waals surface area contributed by atoms with Gasteiger partial charge in [-0.25, -0.2) is 0 Å². The largest absolute Gasteiger partial charge is 0.324 e. The first kappa shape index (κ1) is 8.01. The van der Waals surface area contributed by atoms with Gasteiger partial charge in [-0.1, -0.05) is 36.4 Å². The molecule has 0 saturated carbocycles. The summed E-state index contributed by atoms with van der Waals surface area (Å²) in [5.74, 6) is 0. The van der Waals surface area contributed by atoms with E-state index in [-0.39, 0.29) is 6.04 Å². The second-order valence-electron chi connectivity index (χ2n) is 4.00. The molecule has 2 N–H and O–H groups in total. The van der Waals surface area contributed by atoms with E-state index in [0.717, 1.165) is 12.8 Å². The van der Waals surface area contributed by atoms with E-state index in [2.05, 4.69) is 36.4 Å². The number of rotatable bonds is 0. The van der Waals surface area contributed by atoms with E-state index in [4.69, 9.17) is 5.73 Å². The van der Waals surface area contributed by atoms with Gasteiger partial charge >= 0.3 is 0 Å². The van der Waals surface area contributed by atoms with Crippen LogP contribution in [0.15, 0.2) is 36.4 Å². The maximum absolute atomic E-state index is 6.11. The van der Waals surface area contributed by atoms with Crippen LogP contribution in [-0.2, 0) is 6.42 Å². The second-order valence-corrected chi connectivity index (χ2v) is 4.00. The summed E-state index contributed by atoms with van der Waals surface area (Å²) in [6, 6.07) is 13.2. The summed E-state index contributed by atoms with van der Waals surface area (Å²) in [5, 5.41) is 2.65. The molecule has 0 aliphatic heterocycles. The lowest BCUT2D eigenvalue weighted by Gasteiger charge is -2.08. The molecular weight excluding hydrogens is 170 g/mol. The third-order valence-electron chi connectivity index (χ3n) is 3.16. The molecule has 0 aromatic heterocycles. The summed E-state index contributed by atoms with van der Waals surface area (Å²) < 4.78 is 0. The van der Waals surface area contributed by atoms with Gasteiger partial charge in [0.05, 0.1) is 0 Å². The van der Waals surface area contributed by atoms with Crippen LogP contribution in [0.3, 0.4) is 0 Å². The summed E-state index contributed by atoms with van der Waals surface area (Å²) in [5.41, 5.74) is 8.93. The smallest absolute Gasteiger partial charge is 0.0306 e. The highest BCUT2D eigenvalue weighted by atomic mass is 14.6. The standard InChI is InChI=1S/C13H13N/c14-12-8-7-10-6-5-9-3-1-2-4-11(9)13(10)12/h1-6,12H,7-8,14H2/t12-/m1/s1. The SMILES string of the molecule is N[C@@H]1CCc2ccc3ccccc3c21. The van der Waals surface area contributed by atoms with Gasteiger partial charge in [0.25, 0.3) is 0 Å². The van der Waals surface area contributed by atoms with Crippen molar-refractivity contribution in [1.29, 1.82) is 0 Å². The molecule has 1 heteroatoms. The lowest BCUT2D eigenvalue weighted by Crippen LogP contribution is -2.05. The van der Waals surface area contributed by atoms with Crippen LogP contribution in [0.2, 0.25) is 0 Å². The van der Waals surface area contributed by atoms with Gasteiger partial charge in [-0.15, -0.1) is 0 Å². The molecule has 0 heterocycles. The first-order valence-electron chi connectivity index (χ1n) is 5.12. The van der Waals surface area contributed by atoms with Crippen LogP contribution in [0, 0.1) is 0 Å². The van der Waals surface area contributed by atoms with Crippen molar-refractivity contribution in [2.45, 2.75) is 18.9 Å². The van der Waals surface area contributed by atoms with E-state index in [1.54, 1.807) is 0 Å². The molecule has 1 aliphatic rings. The van der Waals surface area contributed by atoms with Gasteiger partial charge in [0.15, 0.2) is 0 Å². The fraction of sp³-hybridized carbons (Fsp3) is 0.231. The Morgan fingerprint density at radius 2 is 1.93 bits per heavy atom. The maximum atomic E-state index is 6.11. The highest BCUT2D eigenvalue weighted by Crippen LogP contribution is 2.34. The van der Waals surface area contributed by atoms with Gasteiger partial charge in [-0.05, 0) is 34.7 Å². The third-order valence-corrected chi connectivity index (χ3v) is 3.16. The van der Waals surface area contributed by atoms with Crippen LogP contribution in [0.25, 0.3) is 10.8 Å². The van der Waals surface area contributed by atoms with Crippen LogP contribution < -0.4 is 5.73 Å². The molecule has 70 valence electrons. The summed E-state index contributed by atoms with van der Waals surface area (Å²) in [4.78, 5) is 0. The Balaban J connectivity index is 2.41. The van der Waals surface area contributed by atoms with E-state index in [0.29, 0.717) is 0 Å². The van der Waals surface area contributed by atoms with Crippen LogP contribution >= 0.6 is 0 Å². The van der Waals surface area contributed by atoms with Crippen molar-refractivity contribution in [3.63, 3.8) is 0 Å². The second kappa shape index (κ2) is 2.82. The Bertz CT molecular complexity index is 488. The van der Waals surface area contributed by atoms with Gasteiger partial charge in [0.2, 0.25) is 0 Å². The number of fused-ring (bicyclic) bond motifs is 3. The van der Waals surface area contributed by atoms with Crippen molar-refractivity contribution >= 4 is 10.8 Å². The molecule has 2 aromatic rings. The van der Waals surface area contributed by atoms with Crippen LogP contribution in [0.5, 0.6) is 0 Å². The molecule has 3 rings (SSSR count). The number of nitrogens with two attached hydrogens (primary N) is 1. The van der Waals surface area contributed by atoms with Crippen LogP contribution in [0.1, 0.15) is 23.6 Å². The minimum Gasteiger partial charge on any atom is -0.324 e. The number of hydrogen-bond acceptors (Lipinski definition) is 1. The van der Waals surface area contributed by atoms with Crippen molar-refractivity contribution in [2.75, 3.05) is 0 Å². The summed E-state index contributed by atoms with van der Waals surface area (Å²) in [6.07, 6.45) is 2.24. The zero-order valence-electron chi connectivity index (χ0n) is 8.03. The molecule has 1 nitrogen and oxygen atoms in total. The number of benzene rings is 2. The molecule has 0 spiro atoms. The van der Waals surface area contributed by atoms with E-state index in [1.807, 2.05) is 0 Å². The molecule has 1 atom stereocenters. The van der Waals surface area contributed by atoms with Crippen molar-refractivity contribution in [1.82, 2.24) is 0 Å². The Labute approximate surface area is 83.5 Å². The van der Waals surface area contributed by atoms with Crippen molar-refractivity contribution in [3.05, 3.63) is 47.5 Å². The summed E-state index contributed by atoms with van der Waals surface area (Å²) in [6.45, 7) is 0. The molecule has 1 aliphatic carbocycles. The zero-order valence-corrected chi connectivity index (χ0v) is 8.03. The first-order chi connectivity index (χ1) is 6.86. The Morgan fingerprint density at radius 1 is 1.07 bits per heavy atom. The van der Waals surface area contributed by atoms with Gasteiger partial charge in [-0.2, -0.15) is 0 Å². The van der Waals surface area contributed by atoms with Crippen LogP contribution in [-0.4, -0.2) is 0 Å². The van der Waals surface area contributed by atoms with E-state index in [1.165, 1.54) is 21.9 Å². The highest BCUT2D eigenvalue weighted by Gasteiger charge is 2.20. The molecule has 0 bridgehead atoms. The number of aryl methyl sites for hydroxylation is 1. The topological polar surface area (TPSA) is 26.0 Å². The maximum Gasteiger partial charge on any atom is 0.0306 e. The first-order valence-corrected chi connectivity index (χ1v) is 5.12. The normalized spacial score (nSPS) is 19.9. The predicted octanol–water partition coefficient (Wildman–Crippen LogP) is 2.79. The minimum absolute atomic E-state index is 0.246. The van der Waals surface area contributed by atoms with E-state index < -0.39 is 0 Å². The van der Waals surface area contributed by atoms with Gasteiger partial charge in [0.1, 0.15) is 0 Å². The average Bonchev–Trinajstić information content (AvgIpc) is 2.61. The fourth-order valence-electron chi connectivity index (χ4n) is 2.45. The monoisotopic (exact) mass is 183 g/mol. The Kier molecular flexibility index (Phi) is 1.62. The molecule has 0 radical (unpaired) electrons. The van der Waals surface area contributed by atoms with Crippen molar-refractivity contribution in [3.8, 4) is 0 Å². The van der Waals surface area contributed by atoms with Crippen LogP contribution in [0.4, 0.5) is 0 Å². The number of hydrogen-bond donors (Lipinski definition) is 1. The fourth-order valence-corrected chi connectivity index (χ4v) is 2.45. The molecule has 0 unspecified atom stereocenters. The summed E-state index contributed by atoms with van der Waals surface area (Å²) >= 11 is 0. The minimum atomic E-state index is 0.246. The highest BCUT2D eigenvalue weighted by molar-refractivity contribution is 5.87. The molecule has 2 aromatic carbocycles. The van der Waals surface area contributed by atoms with Gasteiger partial charge in [-0.3, -0.25) is 0 Å². The molecule has 14 heavy (non-hydrogen) atoms. The average molecular weight is 183 g/mol. The summed E-state index contributed by atoms with van der Waals surface area (Å²) in [7, 11) is 0. The zero-order chi connectivity index (χ0) is 9.54. The molecule has 0 saturated heterocycles. The predicted molar refractivity (Wildman–Crippen MR) is 59.2 cm³/mol. The molecular formula is C13H13N. The van der Waals surface area contributed by atoms with Crippen molar-refractivity contribution < 1.29 is 0 Å². The van der Waals surface area contributed by atoms with Crippen molar-refractivity contribution in [2.24, 2.45) is 5.73 Å². The molecule has 0 fully saturated rings. The Morgan fingerprint density at radius 3 is 2.86 bits per heavy atom. The van der Waals surface area contributed by atoms with E-state index >= 15 is 0 Å². The lowest BCUT2D eigenvalue weighted by atomic mass is 9.99. The molecule has 0 amide bonds. The van der Waals surface area contributed by atoms with Gasteiger partial charge in [0, 0.05) is 6.04 Å². The Hall–Kier alpha value is -1.34. The van der Waals surface area contributed by atoms with Gasteiger partial charge < -0.3 is 5.73 Å². The quantitative estimate of drug-likeness (QED) is 0.667. The lowest BCUT2D eigenvalue weighted by molar-refractivity contribution is 0.717. The third kappa shape index (κ3) is 0.992. The van der Waals surface area contributed by atoms with E-state index in [9.17, 15) is 0 Å².